The second-order valence-electron chi connectivity index (χ2n) is 3.39. The van der Waals surface area contributed by atoms with Gasteiger partial charge in [-0.15, -0.1) is 0 Å². The van der Waals surface area contributed by atoms with Gasteiger partial charge in [-0.2, -0.15) is 4.31 Å². The second-order valence-corrected chi connectivity index (χ2v) is 5.28. The van der Waals surface area contributed by atoms with E-state index in [2.05, 4.69) is 4.98 Å². The van der Waals surface area contributed by atoms with Crippen molar-refractivity contribution in [1.29, 1.82) is 0 Å². The van der Waals surface area contributed by atoms with Gasteiger partial charge >= 0.3 is 0 Å². The summed E-state index contributed by atoms with van der Waals surface area (Å²) in [5.41, 5.74) is 0. The van der Waals surface area contributed by atoms with Crippen molar-refractivity contribution < 1.29 is 13.2 Å². The number of aryl methyl sites for hydroxylation is 1. The van der Waals surface area contributed by atoms with Crippen molar-refractivity contribution in [3.8, 4) is 0 Å². The van der Waals surface area contributed by atoms with Crippen LogP contribution in [0, 0.1) is 0 Å². The van der Waals surface area contributed by atoms with E-state index in [4.69, 9.17) is 4.74 Å². The van der Waals surface area contributed by atoms with Gasteiger partial charge in [0, 0.05) is 26.3 Å². The number of morpholine rings is 1. The van der Waals surface area contributed by atoms with Crippen LogP contribution in [-0.2, 0) is 21.8 Å². The van der Waals surface area contributed by atoms with Gasteiger partial charge < -0.3 is 9.30 Å². The van der Waals surface area contributed by atoms with Crippen LogP contribution in [0.3, 0.4) is 0 Å². The van der Waals surface area contributed by atoms with Crippen LogP contribution in [0.4, 0.5) is 0 Å². The van der Waals surface area contributed by atoms with Gasteiger partial charge in [-0.25, -0.2) is 13.4 Å². The Kier molecular flexibility index (Phi) is 2.76. The fraction of sp³-hybridized carbons (Fsp3) is 0.625. The minimum Gasteiger partial charge on any atom is -0.379 e. The fourth-order valence-electron chi connectivity index (χ4n) is 1.44. The van der Waals surface area contributed by atoms with Gasteiger partial charge in [0.25, 0.3) is 10.0 Å². The maximum Gasteiger partial charge on any atom is 0.262 e. The van der Waals surface area contributed by atoms with Crippen molar-refractivity contribution in [2.24, 2.45) is 7.05 Å². The third-order valence-electron chi connectivity index (χ3n) is 2.26. The van der Waals surface area contributed by atoms with Gasteiger partial charge in [0.15, 0.2) is 5.03 Å². The zero-order valence-electron chi connectivity index (χ0n) is 8.46. The molecule has 1 aromatic rings. The average Bonchev–Trinajstić information content (AvgIpc) is 2.67. The number of nitrogens with zero attached hydrogens (tertiary/aromatic N) is 3. The molecule has 0 radical (unpaired) electrons. The van der Waals surface area contributed by atoms with E-state index in [-0.39, 0.29) is 5.03 Å². The summed E-state index contributed by atoms with van der Waals surface area (Å²) in [5.74, 6) is 0. The molecule has 0 atom stereocenters. The summed E-state index contributed by atoms with van der Waals surface area (Å²) in [6, 6.07) is 0. The van der Waals surface area contributed by atoms with Crippen molar-refractivity contribution in [2.45, 2.75) is 5.03 Å². The lowest BCUT2D eigenvalue weighted by molar-refractivity contribution is 0.0729. The molecule has 0 aromatic carbocycles. The molecule has 0 bridgehead atoms. The van der Waals surface area contributed by atoms with Gasteiger partial charge in [0.2, 0.25) is 0 Å². The predicted octanol–water partition coefficient (Wildman–Crippen LogP) is -0.559. The average molecular weight is 231 g/mol. The molecule has 0 unspecified atom stereocenters. The summed E-state index contributed by atoms with van der Waals surface area (Å²) in [6.45, 7) is 1.70. The molecule has 0 N–H and O–H groups in total. The fourth-order valence-corrected chi connectivity index (χ4v) is 2.82. The van der Waals surface area contributed by atoms with Gasteiger partial charge in [0.05, 0.1) is 19.5 Å². The van der Waals surface area contributed by atoms with Crippen LogP contribution in [0.2, 0.25) is 0 Å². The standard InChI is InChI=1S/C8H13N3O3S/c1-10-6-8(9-7-10)15(12,13)11-2-4-14-5-3-11/h6-7H,2-5H2,1H3. The number of rotatable bonds is 2. The Bertz CT molecular complexity index is 434. The molecule has 1 aliphatic rings. The highest BCUT2D eigenvalue weighted by Crippen LogP contribution is 2.14. The Hall–Kier alpha value is -0.920. The van der Waals surface area contributed by atoms with Crippen LogP contribution in [0.5, 0.6) is 0 Å². The third kappa shape index (κ3) is 2.04. The number of ether oxygens (including phenoxy) is 1. The Balaban J connectivity index is 2.26. The molecule has 0 amide bonds. The minimum atomic E-state index is -3.42. The first-order chi connectivity index (χ1) is 7.10. The summed E-state index contributed by atoms with van der Waals surface area (Å²) >= 11 is 0. The highest BCUT2D eigenvalue weighted by atomic mass is 32.2. The Morgan fingerprint density at radius 2 is 2.07 bits per heavy atom. The van der Waals surface area contributed by atoms with Gasteiger partial charge in [-0.1, -0.05) is 0 Å². The van der Waals surface area contributed by atoms with Crippen molar-refractivity contribution >= 4 is 10.0 Å². The highest BCUT2D eigenvalue weighted by molar-refractivity contribution is 7.89. The molecule has 1 aromatic heterocycles. The molecule has 2 heterocycles. The largest absolute Gasteiger partial charge is 0.379 e. The van der Waals surface area contributed by atoms with Crippen molar-refractivity contribution in [3.63, 3.8) is 0 Å². The van der Waals surface area contributed by atoms with Crippen molar-refractivity contribution in [3.05, 3.63) is 12.5 Å². The van der Waals surface area contributed by atoms with Crippen molar-refractivity contribution in [2.75, 3.05) is 26.3 Å². The molecule has 0 aliphatic carbocycles. The lowest BCUT2D eigenvalue weighted by atomic mass is 10.5. The topological polar surface area (TPSA) is 64.4 Å². The molecule has 0 saturated carbocycles. The number of hydrogen-bond donors (Lipinski definition) is 0. The lowest BCUT2D eigenvalue weighted by Crippen LogP contribution is -2.40. The molecular weight excluding hydrogens is 218 g/mol. The summed E-state index contributed by atoms with van der Waals surface area (Å²) in [7, 11) is -1.68. The van der Waals surface area contributed by atoms with Gasteiger partial charge in [0.1, 0.15) is 0 Å². The van der Waals surface area contributed by atoms with Crippen LogP contribution >= 0.6 is 0 Å². The van der Waals surface area contributed by atoms with E-state index in [0.717, 1.165) is 0 Å². The van der Waals surface area contributed by atoms with E-state index in [0.29, 0.717) is 26.3 Å². The van der Waals surface area contributed by atoms with Crippen LogP contribution in [0.1, 0.15) is 0 Å². The number of sulfonamides is 1. The van der Waals surface area contributed by atoms with E-state index < -0.39 is 10.0 Å². The van der Waals surface area contributed by atoms with Crippen molar-refractivity contribution in [1.82, 2.24) is 13.9 Å². The highest BCUT2D eigenvalue weighted by Gasteiger charge is 2.27. The molecule has 7 heteroatoms. The SMILES string of the molecule is Cn1cnc(S(=O)(=O)N2CCOCC2)c1. The minimum absolute atomic E-state index is 0.104. The molecule has 15 heavy (non-hydrogen) atoms. The molecule has 6 nitrogen and oxygen atoms in total. The smallest absolute Gasteiger partial charge is 0.262 e. The number of hydrogen-bond acceptors (Lipinski definition) is 4. The zero-order valence-corrected chi connectivity index (χ0v) is 9.27. The normalized spacial score (nSPS) is 19.3. The summed E-state index contributed by atoms with van der Waals surface area (Å²) < 4.78 is 32.1. The Morgan fingerprint density at radius 3 is 2.60 bits per heavy atom. The van der Waals surface area contributed by atoms with E-state index in [9.17, 15) is 8.42 Å². The van der Waals surface area contributed by atoms with Gasteiger partial charge in [-0.05, 0) is 0 Å². The summed E-state index contributed by atoms with van der Waals surface area (Å²) in [4.78, 5) is 3.86. The number of imidazole rings is 1. The second kappa shape index (κ2) is 3.92. The summed E-state index contributed by atoms with van der Waals surface area (Å²) in [6.07, 6.45) is 2.98. The maximum absolute atomic E-state index is 12.0. The summed E-state index contributed by atoms with van der Waals surface area (Å²) in [5, 5.41) is 0.104. The molecule has 1 aliphatic heterocycles. The monoisotopic (exact) mass is 231 g/mol. The van der Waals surface area contributed by atoms with Crippen LogP contribution < -0.4 is 0 Å². The molecule has 1 fully saturated rings. The lowest BCUT2D eigenvalue weighted by Gasteiger charge is -2.24. The first-order valence-corrected chi connectivity index (χ1v) is 6.10. The first-order valence-electron chi connectivity index (χ1n) is 4.66. The Labute approximate surface area is 88.5 Å². The maximum atomic E-state index is 12.0. The Morgan fingerprint density at radius 1 is 1.40 bits per heavy atom. The quantitative estimate of drug-likeness (QED) is 0.684. The predicted molar refractivity (Wildman–Crippen MR) is 52.8 cm³/mol. The molecule has 84 valence electrons. The molecule has 2 rings (SSSR count). The molecule has 0 spiro atoms. The van der Waals surface area contributed by atoms with E-state index in [1.807, 2.05) is 0 Å². The van der Waals surface area contributed by atoms with E-state index in [1.54, 1.807) is 11.6 Å². The zero-order chi connectivity index (χ0) is 10.9. The van der Waals surface area contributed by atoms with E-state index >= 15 is 0 Å². The molecule has 1 saturated heterocycles. The van der Waals surface area contributed by atoms with E-state index in [1.165, 1.54) is 16.8 Å². The van der Waals surface area contributed by atoms with Crippen LogP contribution in [0.25, 0.3) is 0 Å². The van der Waals surface area contributed by atoms with Gasteiger partial charge in [-0.3, -0.25) is 0 Å². The van der Waals surface area contributed by atoms with Crippen LogP contribution in [0.15, 0.2) is 17.6 Å². The van der Waals surface area contributed by atoms with Crippen LogP contribution in [-0.4, -0.2) is 48.6 Å². The molecular formula is C8H13N3O3S. The third-order valence-corrected chi connectivity index (χ3v) is 4.04. The number of aromatic nitrogens is 2. The first kappa shape index (κ1) is 10.6.